The van der Waals surface area contributed by atoms with Crippen molar-refractivity contribution < 1.29 is 0 Å². The fraction of sp³-hybridized carbons (Fsp3) is 0.357. The average molecular weight is 261 g/mol. The average Bonchev–Trinajstić information content (AvgIpc) is 2.76. The minimum Gasteiger partial charge on any atom is -0.323 e. The first kappa shape index (κ1) is 13.2. The number of aryl methyl sites for hydroxylation is 2. The minimum atomic E-state index is 0.0413. The van der Waals surface area contributed by atoms with Crippen LogP contribution in [-0.2, 0) is 6.54 Å². The lowest BCUT2D eigenvalue weighted by Crippen LogP contribution is -2.26. The summed E-state index contributed by atoms with van der Waals surface area (Å²) < 4.78 is 0. The van der Waals surface area contributed by atoms with E-state index in [-0.39, 0.29) is 6.04 Å². The third-order valence-corrected chi connectivity index (χ3v) is 3.75. The summed E-state index contributed by atoms with van der Waals surface area (Å²) in [5.74, 6) is 0. The number of aromatic nitrogens is 1. The van der Waals surface area contributed by atoms with Crippen LogP contribution in [0.25, 0.3) is 0 Å². The molecular weight excluding hydrogens is 242 g/mol. The maximum atomic E-state index is 6.14. The Morgan fingerprint density at radius 2 is 2.00 bits per heavy atom. The van der Waals surface area contributed by atoms with Crippen LogP contribution in [0, 0.1) is 13.8 Å². The van der Waals surface area contributed by atoms with Gasteiger partial charge in [-0.2, -0.15) is 0 Å². The van der Waals surface area contributed by atoms with Crippen molar-refractivity contribution in [2.24, 2.45) is 5.73 Å². The van der Waals surface area contributed by atoms with Crippen LogP contribution < -0.4 is 11.1 Å². The van der Waals surface area contributed by atoms with Crippen LogP contribution >= 0.6 is 11.3 Å². The standard InChI is InChI=1S/C14H19N3S/c1-10-3-5-12(6-4-10)14(15)9-16-7-13-8-17-11(2)18-13/h3-6,8,14,16H,7,9,15H2,1-2H3. The normalized spacial score (nSPS) is 12.6. The van der Waals surface area contributed by atoms with E-state index < -0.39 is 0 Å². The van der Waals surface area contributed by atoms with Crippen LogP contribution in [0.4, 0.5) is 0 Å². The van der Waals surface area contributed by atoms with Crippen molar-refractivity contribution in [3.63, 3.8) is 0 Å². The quantitative estimate of drug-likeness (QED) is 0.869. The summed E-state index contributed by atoms with van der Waals surface area (Å²) in [4.78, 5) is 5.48. The molecule has 3 nitrogen and oxygen atoms in total. The molecule has 18 heavy (non-hydrogen) atoms. The third kappa shape index (κ3) is 3.63. The van der Waals surface area contributed by atoms with Crippen molar-refractivity contribution in [1.82, 2.24) is 10.3 Å². The predicted molar refractivity (Wildman–Crippen MR) is 76.7 cm³/mol. The second-order valence-corrected chi connectivity index (χ2v) is 5.81. The van der Waals surface area contributed by atoms with E-state index >= 15 is 0 Å². The van der Waals surface area contributed by atoms with Gasteiger partial charge in [-0.25, -0.2) is 4.98 Å². The lowest BCUT2D eigenvalue weighted by atomic mass is 10.1. The monoisotopic (exact) mass is 261 g/mol. The molecule has 0 radical (unpaired) electrons. The largest absolute Gasteiger partial charge is 0.323 e. The molecule has 1 heterocycles. The van der Waals surface area contributed by atoms with Gasteiger partial charge in [0.05, 0.1) is 5.01 Å². The third-order valence-electron chi connectivity index (χ3n) is 2.84. The molecule has 1 unspecified atom stereocenters. The highest BCUT2D eigenvalue weighted by Crippen LogP contribution is 2.13. The van der Waals surface area contributed by atoms with Crippen molar-refractivity contribution in [2.45, 2.75) is 26.4 Å². The van der Waals surface area contributed by atoms with E-state index in [0.29, 0.717) is 0 Å². The van der Waals surface area contributed by atoms with E-state index in [1.165, 1.54) is 16.0 Å². The maximum Gasteiger partial charge on any atom is 0.0897 e. The Morgan fingerprint density at radius 3 is 2.61 bits per heavy atom. The van der Waals surface area contributed by atoms with E-state index in [1.807, 2.05) is 13.1 Å². The van der Waals surface area contributed by atoms with Gasteiger partial charge in [-0.05, 0) is 19.4 Å². The molecule has 0 bridgehead atoms. The maximum absolute atomic E-state index is 6.14. The molecule has 0 saturated carbocycles. The summed E-state index contributed by atoms with van der Waals surface area (Å²) in [6.45, 7) is 5.72. The molecule has 1 aromatic heterocycles. The zero-order chi connectivity index (χ0) is 13.0. The summed E-state index contributed by atoms with van der Waals surface area (Å²) in [7, 11) is 0. The molecule has 2 rings (SSSR count). The Labute approximate surface area is 112 Å². The van der Waals surface area contributed by atoms with Gasteiger partial charge in [0.1, 0.15) is 0 Å². The summed E-state index contributed by atoms with van der Waals surface area (Å²) >= 11 is 1.72. The Balaban J connectivity index is 1.81. The zero-order valence-corrected chi connectivity index (χ0v) is 11.6. The van der Waals surface area contributed by atoms with Gasteiger partial charge in [-0.3, -0.25) is 0 Å². The van der Waals surface area contributed by atoms with E-state index in [0.717, 1.165) is 18.1 Å². The highest BCUT2D eigenvalue weighted by atomic mass is 32.1. The van der Waals surface area contributed by atoms with Crippen LogP contribution in [-0.4, -0.2) is 11.5 Å². The SMILES string of the molecule is Cc1ccc(C(N)CNCc2cnc(C)s2)cc1. The topological polar surface area (TPSA) is 50.9 Å². The van der Waals surface area contributed by atoms with Crippen LogP contribution in [0.15, 0.2) is 30.5 Å². The molecular formula is C14H19N3S. The Hall–Kier alpha value is -1.23. The predicted octanol–water partition coefficient (Wildman–Crippen LogP) is 2.55. The zero-order valence-electron chi connectivity index (χ0n) is 10.8. The molecule has 0 saturated heterocycles. The Kier molecular flexibility index (Phi) is 4.47. The number of nitrogens with zero attached hydrogens (tertiary/aromatic N) is 1. The fourth-order valence-corrected chi connectivity index (χ4v) is 2.53. The second kappa shape index (κ2) is 6.09. The van der Waals surface area contributed by atoms with Crippen LogP contribution in [0.5, 0.6) is 0 Å². The van der Waals surface area contributed by atoms with E-state index in [4.69, 9.17) is 5.73 Å². The number of rotatable bonds is 5. The van der Waals surface area contributed by atoms with Crippen molar-refractivity contribution in [1.29, 1.82) is 0 Å². The molecule has 4 heteroatoms. The number of benzene rings is 1. The lowest BCUT2D eigenvalue weighted by molar-refractivity contribution is 0.601. The van der Waals surface area contributed by atoms with Gasteiger partial charge < -0.3 is 11.1 Å². The van der Waals surface area contributed by atoms with Gasteiger partial charge in [0.15, 0.2) is 0 Å². The molecule has 0 spiro atoms. The number of hydrogen-bond acceptors (Lipinski definition) is 4. The Bertz CT molecular complexity index is 490. The molecule has 0 aliphatic heterocycles. The molecule has 96 valence electrons. The summed E-state index contributed by atoms with van der Waals surface area (Å²) in [6, 6.07) is 8.43. The highest BCUT2D eigenvalue weighted by Gasteiger charge is 2.05. The molecule has 2 aromatic rings. The number of nitrogens with one attached hydrogen (secondary N) is 1. The van der Waals surface area contributed by atoms with Crippen molar-refractivity contribution in [3.8, 4) is 0 Å². The van der Waals surface area contributed by atoms with Crippen LogP contribution in [0.1, 0.15) is 27.1 Å². The molecule has 3 N–H and O–H groups in total. The van der Waals surface area contributed by atoms with Gasteiger partial charge >= 0.3 is 0 Å². The molecule has 0 fully saturated rings. The van der Waals surface area contributed by atoms with Crippen LogP contribution in [0.2, 0.25) is 0 Å². The number of nitrogens with two attached hydrogens (primary N) is 1. The van der Waals surface area contributed by atoms with E-state index in [1.54, 1.807) is 11.3 Å². The molecule has 0 amide bonds. The summed E-state index contributed by atoms with van der Waals surface area (Å²) in [6.07, 6.45) is 1.92. The lowest BCUT2D eigenvalue weighted by Gasteiger charge is -2.12. The van der Waals surface area contributed by atoms with Gasteiger partial charge in [0.2, 0.25) is 0 Å². The smallest absolute Gasteiger partial charge is 0.0897 e. The fourth-order valence-electron chi connectivity index (χ4n) is 1.77. The minimum absolute atomic E-state index is 0.0413. The molecule has 0 aliphatic carbocycles. The summed E-state index contributed by atoms with van der Waals surface area (Å²) in [5.41, 5.74) is 8.58. The van der Waals surface area contributed by atoms with E-state index in [2.05, 4.69) is 41.5 Å². The van der Waals surface area contributed by atoms with Gasteiger partial charge in [-0.15, -0.1) is 11.3 Å². The molecule has 1 aromatic carbocycles. The van der Waals surface area contributed by atoms with Crippen molar-refractivity contribution in [2.75, 3.05) is 6.54 Å². The number of hydrogen-bond donors (Lipinski definition) is 2. The molecule has 0 aliphatic rings. The van der Waals surface area contributed by atoms with Crippen molar-refractivity contribution in [3.05, 3.63) is 51.5 Å². The molecule has 1 atom stereocenters. The highest BCUT2D eigenvalue weighted by molar-refractivity contribution is 7.11. The first-order valence-electron chi connectivity index (χ1n) is 6.09. The first-order chi connectivity index (χ1) is 8.65. The van der Waals surface area contributed by atoms with Gasteiger partial charge in [0, 0.05) is 30.2 Å². The second-order valence-electron chi connectivity index (χ2n) is 4.49. The Morgan fingerprint density at radius 1 is 1.28 bits per heavy atom. The van der Waals surface area contributed by atoms with Crippen molar-refractivity contribution >= 4 is 11.3 Å². The summed E-state index contributed by atoms with van der Waals surface area (Å²) in [5, 5.41) is 4.48. The number of thiazole rings is 1. The van der Waals surface area contributed by atoms with Crippen LogP contribution in [0.3, 0.4) is 0 Å². The van der Waals surface area contributed by atoms with Gasteiger partial charge in [-0.1, -0.05) is 29.8 Å². The van der Waals surface area contributed by atoms with E-state index in [9.17, 15) is 0 Å². The van der Waals surface area contributed by atoms with Gasteiger partial charge in [0.25, 0.3) is 0 Å². The first-order valence-corrected chi connectivity index (χ1v) is 6.91.